The zero-order chi connectivity index (χ0) is 27.3. The maximum absolute atomic E-state index is 13.7. The third-order valence-electron chi connectivity index (χ3n) is 5.82. The molecule has 0 radical (unpaired) electrons. The van der Waals surface area contributed by atoms with Gasteiger partial charge >= 0.3 is 0 Å². The molecule has 2 rings (SSSR count). The lowest BCUT2D eigenvalue weighted by molar-refractivity contribution is -0.140. The predicted octanol–water partition coefficient (Wildman–Crippen LogP) is 4.74. The van der Waals surface area contributed by atoms with Gasteiger partial charge in [-0.1, -0.05) is 69.6 Å². The number of rotatable bonds is 10. The number of benzene rings is 2. The van der Waals surface area contributed by atoms with Gasteiger partial charge in [-0.25, -0.2) is 8.42 Å². The molecule has 9 heteroatoms. The van der Waals surface area contributed by atoms with Crippen LogP contribution in [0.4, 0.5) is 5.69 Å². The zero-order valence-electron chi connectivity index (χ0n) is 22.2. The Morgan fingerprint density at radius 1 is 1.03 bits per heavy atom. The van der Waals surface area contributed by atoms with Gasteiger partial charge in [0.25, 0.3) is 0 Å². The summed E-state index contributed by atoms with van der Waals surface area (Å²) in [4.78, 5) is 28.1. The van der Waals surface area contributed by atoms with E-state index in [9.17, 15) is 18.0 Å². The third kappa shape index (κ3) is 7.96. The fourth-order valence-corrected chi connectivity index (χ4v) is 4.90. The van der Waals surface area contributed by atoms with E-state index in [2.05, 4.69) is 26.1 Å². The summed E-state index contributed by atoms with van der Waals surface area (Å²) < 4.78 is 26.6. The minimum atomic E-state index is -3.79. The molecule has 0 spiro atoms. The summed E-state index contributed by atoms with van der Waals surface area (Å²) in [6.45, 7) is 11.3. The van der Waals surface area contributed by atoms with Crippen LogP contribution in [-0.4, -0.2) is 50.0 Å². The summed E-state index contributed by atoms with van der Waals surface area (Å²) in [5.41, 5.74) is 2.00. The summed E-state index contributed by atoms with van der Waals surface area (Å²) in [6.07, 6.45) is 1.42. The summed E-state index contributed by atoms with van der Waals surface area (Å²) in [7, 11) is -3.79. The first-order valence-corrected chi connectivity index (χ1v) is 14.3. The highest BCUT2D eigenvalue weighted by atomic mass is 35.5. The van der Waals surface area contributed by atoms with Crippen LogP contribution in [0.5, 0.6) is 0 Å². The van der Waals surface area contributed by atoms with E-state index in [-0.39, 0.29) is 23.9 Å². The highest BCUT2D eigenvalue weighted by Gasteiger charge is 2.32. The minimum Gasteiger partial charge on any atom is -0.352 e. The van der Waals surface area contributed by atoms with E-state index in [1.165, 1.54) is 4.90 Å². The van der Waals surface area contributed by atoms with Gasteiger partial charge in [0.15, 0.2) is 0 Å². The van der Waals surface area contributed by atoms with Gasteiger partial charge in [-0.3, -0.25) is 13.9 Å². The summed E-state index contributed by atoms with van der Waals surface area (Å²) in [6, 6.07) is 13.3. The zero-order valence-corrected chi connectivity index (χ0v) is 23.8. The first-order chi connectivity index (χ1) is 16.6. The summed E-state index contributed by atoms with van der Waals surface area (Å²) >= 11 is 6.37. The highest BCUT2D eigenvalue weighted by molar-refractivity contribution is 7.92. The Hall–Kier alpha value is -2.58. The van der Waals surface area contributed by atoms with E-state index in [0.29, 0.717) is 22.7 Å². The molecule has 36 heavy (non-hydrogen) atoms. The first kappa shape index (κ1) is 29.6. The lowest BCUT2D eigenvalue weighted by atomic mass is 9.87. The monoisotopic (exact) mass is 535 g/mol. The Morgan fingerprint density at radius 3 is 2.08 bits per heavy atom. The Bertz CT molecular complexity index is 1160. The summed E-state index contributed by atoms with van der Waals surface area (Å²) in [5.74, 6) is -0.792. The van der Waals surface area contributed by atoms with Gasteiger partial charge in [0.05, 0.1) is 11.9 Å². The van der Waals surface area contributed by atoms with Crippen molar-refractivity contribution in [2.24, 2.45) is 0 Å². The molecule has 0 aliphatic carbocycles. The topological polar surface area (TPSA) is 86.8 Å². The molecule has 0 heterocycles. The molecule has 1 N–H and O–H groups in total. The van der Waals surface area contributed by atoms with E-state index in [1.807, 2.05) is 32.9 Å². The first-order valence-electron chi connectivity index (χ1n) is 12.1. The van der Waals surface area contributed by atoms with Crippen molar-refractivity contribution in [3.8, 4) is 0 Å². The second-order valence-corrected chi connectivity index (χ2v) is 12.6. The highest BCUT2D eigenvalue weighted by Crippen LogP contribution is 2.27. The second-order valence-electron chi connectivity index (χ2n) is 10.3. The largest absolute Gasteiger partial charge is 0.352 e. The average Bonchev–Trinajstić information content (AvgIpc) is 2.76. The third-order valence-corrected chi connectivity index (χ3v) is 7.33. The van der Waals surface area contributed by atoms with E-state index in [0.717, 1.165) is 16.1 Å². The molecule has 2 amide bonds. The number of carbonyl (C=O) groups is 2. The number of nitrogens with zero attached hydrogens (tertiary/aromatic N) is 2. The molecule has 0 bridgehead atoms. The molecule has 2 aromatic rings. The van der Waals surface area contributed by atoms with Crippen LogP contribution in [0.15, 0.2) is 48.5 Å². The number of halogens is 1. The van der Waals surface area contributed by atoms with Gasteiger partial charge in [-0.2, -0.15) is 0 Å². The maximum Gasteiger partial charge on any atom is 0.244 e. The Balaban J connectivity index is 2.46. The smallest absolute Gasteiger partial charge is 0.244 e. The van der Waals surface area contributed by atoms with Crippen LogP contribution < -0.4 is 9.62 Å². The lowest BCUT2D eigenvalue weighted by Crippen LogP contribution is -2.53. The van der Waals surface area contributed by atoms with E-state index in [1.54, 1.807) is 36.4 Å². The predicted molar refractivity (Wildman–Crippen MR) is 147 cm³/mol. The van der Waals surface area contributed by atoms with Crippen molar-refractivity contribution >= 4 is 39.1 Å². The number of anilines is 1. The van der Waals surface area contributed by atoms with Crippen molar-refractivity contribution < 1.29 is 18.0 Å². The van der Waals surface area contributed by atoms with Crippen LogP contribution in [0.2, 0.25) is 5.02 Å². The number of sulfonamides is 1. The van der Waals surface area contributed by atoms with Gasteiger partial charge in [0.2, 0.25) is 21.8 Å². The van der Waals surface area contributed by atoms with Crippen molar-refractivity contribution in [1.29, 1.82) is 0 Å². The molecule has 198 valence electrons. The Labute approximate surface area is 220 Å². The van der Waals surface area contributed by atoms with Gasteiger partial charge < -0.3 is 10.2 Å². The van der Waals surface area contributed by atoms with Crippen molar-refractivity contribution in [2.75, 3.05) is 17.1 Å². The fraction of sp³-hybridized carbons (Fsp3) is 0.481. The summed E-state index contributed by atoms with van der Waals surface area (Å²) in [5, 5.41) is 3.33. The molecular formula is C27H38ClN3O4S. The molecule has 0 unspecified atom stereocenters. The molecule has 0 aromatic heterocycles. The molecule has 0 aliphatic heterocycles. The molecule has 0 fully saturated rings. The number of hydrogen-bond donors (Lipinski definition) is 1. The van der Waals surface area contributed by atoms with Crippen LogP contribution in [0.25, 0.3) is 0 Å². The van der Waals surface area contributed by atoms with Crippen LogP contribution in [-0.2, 0) is 31.6 Å². The molecule has 2 aromatic carbocycles. The van der Waals surface area contributed by atoms with E-state index < -0.39 is 28.5 Å². The Morgan fingerprint density at radius 2 is 1.61 bits per heavy atom. The molecule has 1 atom stereocenters. The van der Waals surface area contributed by atoms with Crippen molar-refractivity contribution in [3.63, 3.8) is 0 Å². The van der Waals surface area contributed by atoms with Crippen LogP contribution in [0.1, 0.15) is 59.1 Å². The number of carbonyl (C=O) groups excluding carboxylic acids is 2. The molecule has 7 nitrogen and oxygen atoms in total. The van der Waals surface area contributed by atoms with Gasteiger partial charge in [-0.05, 0) is 55.0 Å². The van der Waals surface area contributed by atoms with E-state index in [4.69, 9.17) is 11.6 Å². The lowest BCUT2D eigenvalue weighted by Gasteiger charge is -2.33. The van der Waals surface area contributed by atoms with E-state index >= 15 is 0 Å². The number of nitrogens with one attached hydrogen (secondary N) is 1. The standard InChI is InChI=1S/C27H38ClN3O4S/c1-8-24(26(33)29-19(2)3)30(17-20-11-9-10-12-23(20)28)25(32)18-31(36(7,34)35)22-15-13-21(14-16-22)27(4,5)6/h9-16,19,24H,8,17-18H2,1-7H3,(H,29,33)/t24-/m0/s1. The molecule has 0 saturated heterocycles. The second kappa shape index (κ2) is 12.1. The van der Waals surface area contributed by atoms with Gasteiger partial charge in [0.1, 0.15) is 12.6 Å². The minimum absolute atomic E-state index is 0.0725. The SMILES string of the molecule is CC[C@@H](C(=O)NC(C)C)N(Cc1ccccc1Cl)C(=O)CN(c1ccc(C(C)(C)C)cc1)S(C)(=O)=O. The van der Waals surface area contributed by atoms with Gasteiger partial charge in [-0.15, -0.1) is 0 Å². The van der Waals surface area contributed by atoms with Gasteiger partial charge in [0, 0.05) is 17.6 Å². The van der Waals surface area contributed by atoms with Crippen LogP contribution in [0.3, 0.4) is 0 Å². The van der Waals surface area contributed by atoms with Crippen molar-refractivity contribution in [2.45, 2.75) is 72.0 Å². The van der Waals surface area contributed by atoms with Crippen molar-refractivity contribution in [3.05, 3.63) is 64.7 Å². The van der Waals surface area contributed by atoms with Crippen LogP contribution in [0, 0.1) is 0 Å². The average molecular weight is 536 g/mol. The number of amides is 2. The fourth-order valence-electron chi connectivity index (χ4n) is 3.85. The number of hydrogen-bond acceptors (Lipinski definition) is 4. The normalized spacial score (nSPS) is 12.8. The quantitative estimate of drug-likeness (QED) is 0.476. The molecular weight excluding hydrogens is 498 g/mol. The molecule has 0 aliphatic rings. The van der Waals surface area contributed by atoms with Crippen LogP contribution >= 0.6 is 11.6 Å². The van der Waals surface area contributed by atoms with Crippen molar-refractivity contribution in [1.82, 2.24) is 10.2 Å². The maximum atomic E-state index is 13.7. The Kier molecular flexibility index (Phi) is 9.97. The molecule has 0 saturated carbocycles.